The number of anilines is 1. The van der Waals surface area contributed by atoms with Crippen molar-refractivity contribution in [1.82, 2.24) is 0 Å². The van der Waals surface area contributed by atoms with E-state index in [1.54, 1.807) is 36.4 Å². The van der Waals surface area contributed by atoms with E-state index in [2.05, 4.69) is 5.32 Å². The summed E-state index contributed by atoms with van der Waals surface area (Å²) in [6.07, 6.45) is 0. The molecule has 0 atom stereocenters. The molecule has 1 heterocycles. The fourth-order valence-electron chi connectivity index (χ4n) is 2.00. The van der Waals surface area contributed by atoms with Crippen LogP contribution in [0.4, 0.5) is 5.69 Å². The van der Waals surface area contributed by atoms with Crippen LogP contribution >= 0.6 is 57.7 Å². The number of carbonyl (C=O) groups excluding carboxylic acids is 1. The van der Waals surface area contributed by atoms with Crippen LogP contribution in [0.2, 0.25) is 20.1 Å². The first-order valence-corrected chi connectivity index (χ1v) is 8.42. The van der Waals surface area contributed by atoms with Gasteiger partial charge in [-0.25, -0.2) is 0 Å². The van der Waals surface area contributed by atoms with Crippen molar-refractivity contribution < 1.29 is 4.79 Å². The summed E-state index contributed by atoms with van der Waals surface area (Å²) in [6, 6.07) is 10.1. The number of carbonyl (C=O) groups is 1. The van der Waals surface area contributed by atoms with Gasteiger partial charge in [0.2, 0.25) is 0 Å². The highest BCUT2D eigenvalue weighted by atomic mass is 35.5. The number of benzene rings is 2. The van der Waals surface area contributed by atoms with Gasteiger partial charge in [0, 0.05) is 30.8 Å². The molecule has 3 aromatic rings. The first-order valence-electron chi connectivity index (χ1n) is 6.09. The third kappa shape index (κ3) is 3.19. The number of nitrogens with one attached hydrogen (secondary N) is 1. The summed E-state index contributed by atoms with van der Waals surface area (Å²) in [6.45, 7) is 0. The molecule has 0 aliphatic carbocycles. The fourth-order valence-corrected chi connectivity index (χ4v) is 4.21. The van der Waals surface area contributed by atoms with Crippen LogP contribution in [0.25, 0.3) is 10.1 Å². The molecule has 1 N–H and O–H groups in total. The van der Waals surface area contributed by atoms with Crippen LogP contribution in [0.15, 0.2) is 36.4 Å². The number of hydrogen-bond donors (Lipinski definition) is 1. The average Bonchev–Trinajstić information content (AvgIpc) is 2.74. The van der Waals surface area contributed by atoms with E-state index in [1.807, 2.05) is 0 Å². The zero-order valence-corrected chi connectivity index (χ0v) is 14.6. The summed E-state index contributed by atoms with van der Waals surface area (Å²) in [5.41, 5.74) is 0.508. The van der Waals surface area contributed by atoms with Crippen molar-refractivity contribution in [2.24, 2.45) is 0 Å². The lowest BCUT2D eigenvalue weighted by Crippen LogP contribution is -2.10. The van der Waals surface area contributed by atoms with Crippen molar-refractivity contribution in [3.63, 3.8) is 0 Å². The minimum Gasteiger partial charge on any atom is -0.321 e. The standard InChI is InChI=1S/C15H7Cl4NOS/c16-7-1-2-11-12(6-7)22-14(13(11)19)15(21)20-10-4-8(17)3-9(18)5-10/h1-6H,(H,20,21). The highest BCUT2D eigenvalue weighted by Gasteiger charge is 2.17. The van der Waals surface area contributed by atoms with Gasteiger partial charge in [0.15, 0.2) is 0 Å². The number of hydrogen-bond acceptors (Lipinski definition) is 2. The van der Waals surface area contributed by atoms with Gasteiger partial charge in [0.25, 0.3) is 5.91 Å². The third-order valence-electron chi connectivity index (χ3n) is 2.92. The van der Waals surface area contributed by atoms with Crippen molar-refractivity contribution in [1.29, 1.82) is 0 Å². The summed E-state index contributed by atoms with van der Waals surface area (Å²) in [5.74, 6) is -0.319. The maximum Gasteiger partial charge on any atom is 0.267 e. The van der Waals surface area contributed by atoms with Gasteiger partial charge in [-0.1, -0.05) is 52.5 Å². The molecule has 0 radical (unpaired) electrons. The molecule has 22 heavy (non-hydrogen) atoms. The van der Waals surface area contributed by atoms with Gasteiger partial charge in [-0.3, -0.25) is 4.79 Å². The molecule has 2 nitrogen and oxygen atoms in total. The second kappa shape index (κ2) is 6.26. The van der Waals surface area contributed by atoms with Gasteiger partial charge in [-0.2, -0.15) is 0 Å². The van der Waals surface area contributed by atoms with Gasteiger partial charge < -0.3 is 5.32 Å². The second-order valence-electron chi connectivity index (χ2n) is 4.50. The first kappa shape index (κ1) is 15.9. The summed E-state index contributed by atoms with van der Waals surface area (Å²) in [7, 11) is 0. The molecule has 0 saturated heterocycles. The zero-order chi connectivity index (χ0) is 15.9. The van der Waals surface area contributed by atoms with E-state index in [9.17, 15) is 4.79 Å². The molecule has 3 rings (SSSR count). The minimum atomic E-state index is -0.319. The predicted molar refractivity (Wildman–Crippen MR) is 96.3 cm³/mol. The molecule has 0 spiro atoms. The van der Waals surface area contributed by atoms with Gasteiger partial charge >= 0.3 is 0 Å². The van der Waals surface area contributed by atoms with E-state index in [-0.39, 0.29) is 5.91 Å². The number of amides is 1. The Morgan fingerprint density at radius 2 is 1.59 bits per heavy atom. The van der Waals surface area contributed by atoms with Crippen molar-refractivity contribution in [2.45, 2.75) is 0 Å². The minimum absolute atomic E-state index is 0.319. The van der Waals surface area contributed by atoms with E-state index in [1.165, 1.54) is 11.3 Å². The van der Waals surface area contributed by atoms with E-state index in [0.29, 0.717) is 30.7 Å². The van der Waals surface area contributed by atoms with Crippen LogP contribution in [0.5, 0.6) is 0 Å². The zero-order valence-electron chi connectivity index (χ0n) is 10.8. The van der Waals surface area contributed by atoms with Gasteiger partial charge in [-0.05, 0) is 30.3 Å². The monoisotopic (exact) mass is 389 g/mol. The molecule has 0 saturated carbocycles. The molecule has 0 fully saturated rings. The Labute approximate surface area is 150 Å². The Bertz CT molecular complexity index is 870. The summed E-state index contributed by atoms with van der Waals surface area (Å²) < 4.78 is 0.853. The molecule has 112 valence electrons. The lowest BCUT2D eigenvalue weighted by atomic mass is 10.2. The molecule has 1 amide bonds. The topological polar surface area (TPSA) is 29.1 Å². The first-order chi connectivity index (χ1) is 10.4. The molecule has 7 heteroatoms. The molecule has 0 aliphatic heterocycles. The van der Waals surface area contributed by atoms with E-state index in [0.717, 1.165) is 10.1 Å². The smallest absolute Gasteiger partial charge is 0.267 e. The summed E-state index contributed by atoms with van der Waals surface area (Å²) in [4.78, 5) is 12.8. The average molecular weight is 391 g/mol. The normalized spacial score (nSPS) is 10.9. The highest BCUT2D eigenvalue weighted by molar-refractivity contribution is 7.21. The van der Waals surface area contributed by atoms with Crippen LogP contribution in [-0.2, 0) is 0 Å². The van der Waals surface area contributed by atoms with Crippen LogP contribution in [0.1, 0.15) is 9.67 Å². The maximum absolute atomic E-state index is 12.4. The lowest BCUT2D eigenvalue weighted by molar-refractivity contribution is 0.103. The predicted octanol–water partition coefficient (Wildman–Crippen LogP) is 6.77. The Kier molecular flexibility index (Phi) is 4.53. The number of fused-ring (bicyclic) bond motifs is 1. The Hall–Kier alpha value is -0.970. The quantitative estimate of drug-likeness (QED) is 0.514. The van der Waals surface area contributed by atoms with Crippen LogP contribution in [-0.4, -0.2) is 5.91 Å². The van der Waals surface area contributed by atoms with Crippen molar-refractivity contribution >= 4 is 79.4 Å². The third-order valence-corrected chi connectivity index (χ3v) is 5.25. The number of halogens is 4. The number of thiophene rings is 1. The second-order valence-corrected chi connectivity index (χ2v) is 7.24. The van der Waals surface area contributed by atoms with Crippen molar-refractivity contribution in [3.05, 3.63) is 61.4 Å². The Morgan fingerprint density at radius 3 is 2.27 bits per heavy atom. The fraction of sp³-hybridized carbons (Fsp3) is 0. The largest absolute Gasteiger partial charge is 0.321 e. The van der Waals surface area contributed by atoms with Crippen LogP contribution < -0.4 is 5.32 Å². The van der Waals surface area contributed by atoms with Gasteiger partial charge in [0.05, 0.1) is 5.02 Å². The van der Waals surface area contributed by atoms with Crippen LogP contribution in [0.3, 0.4) is 0 Å². The molecule has 0 unspecified atom stereocenters. The molecule has 1 aromatic heterocycles. The van der Waals surface area contributed by atoms with Gasteiger partial charge in [-0.15, -0.1) is 11.3 Å². The SMILES string of the molecule is O=C(Nc1cc(Cl)cc(Cl)c1)c1sc2cc(Cl)ccc2c1Cl. The van der Waals surface area contributed by atoms with Crippen molar-refractivity contribution in [2.75, 3.05) is 5.32 Å². The highest BCUT2D eigenvalue weighted by Crippen LogP contribution is 2.37. The van der Waals surface area contributed by atoms with Crippen LogP contribution in [0, 0.1) is 0 Å². The molecule has 0 bridgehead atoms. The van der Waals surface area contributed by atoms with Gasteiger partial charge in [0.1, 0.15) is 4.88 Å². The lowest BCUT2D eigenvalue weighted by Gasteiger charge is -2.05. The Morgan fingerprint density at radius 1 is 0.909 bits per heavy atom. The molecular formula is C15H7Cl4NOS. The molecule has 2 aromatic carbocycles. The maximum atomic E-state index is 12.4. The van der Waals surface area contributed by atoms with E-state index >= 15 is 0 Å². The Balaban J connectivity index is 1.96. The van der Waals surface area contributed by atoms with E-state index < -0.39 is 0 Å². The summed E-state index contributed by atoms with van der Waals surface area (Å²) in [5, 5.41) is 5.42. The summed E-state index contributed by atoms with van der Waals surface area (Å²) >= 11 is 25.4. The number of rotatable bonds is 2. The molecular weight excluding hydrogens is 384 g/mol. The van der Waals surface area contributed by atoms with Crippen molar-refractivity contribution in [3.8, 4) is 0 Å². The van der Waals surface area contributed by atoms with E-state index in [4.69, 9.17) is 46.4 Å². The molecule has 0 aliphatic rings.